The molecule has 0 bridgehead atoms. The highest BCUT2D eigenvalue weighted by Gasteiger charge is 2.16. The highest BCUT2D eigenvalue weighted by molar-refractivity contribution is 4.70. The van der Waals surface area contributed by atoms with Crippen LogP contribution in [-0.2, 0) is 0 Å². The second-order valence-electron chi connectivity index (χ2n) is 4.44. The Balaban J connectivity index is 3.93. The van der Waals surface area contributed by atoms with Crippen molar-refractivity contribution in [2.75, 3.05) is 20.1 Å². The summed E-state index contributed by atoms with van der Waals surface area (Å²) in [4.78, 5) is 2.41. The topological polar surface area (TPSA) is 29.3 Å². The van der Waals surface area contributed by atoms with Gasteiger partial charge in [-0.1, -0.05) is 20.8 Å². The van der Waals surface area contributed by atoms with Gasteiger partial charge in [0.2, 0.25) is 0 Å². The van der Waals surface area contributed by atoms with E-state index in [1.165, 1.54) is 6.42 Å². The third kappa shape index (κ3) is 4.63. The average Bonchev–Trinajstić information content (AvgIpc) is 2.11. The summed E-state index contributed by atoms with van der Waals surface area (Å²) in [5.74, 6) is 1.33. The summed E-state index contributed by atoms with van der Waals surface area (Å²) in [6.45, 7) is 10.9. The van der Waals surface area contributed by atoms with Crippen molar-refractivity contribution in [3.8, 4) is 0 Å². The summed E-state index contributed by atoms with van der Waals surface area (Å²) in [5.41, 5.74) is 5.74. The lowest BCUT2D eigenvalue weighted by Gasteiger charge is -2.29. The maximum absolute atomic E-state index is 5.74. The van der Waals surface area contributed by atoms with Crippen LogP contribution in [0.1, 0.15) is 34.1 Å². The van der Waals surface area contributed by atoms with E-state index in [1.54, 1.807) is 0 Å². The fourth-order valence-electron chi connectivity index (χ4n) is 1.42. The third-order valence-electron chi connectivity index (χ3n) is 3.11. The van der Waals surface area contributed by atoms with E-state index in [9.17, 15) is 0 Å². The minimum Gasteiger partial charge on any atom is -0.330 e. The van der Waals surface area contributed by atoms with E-state index in [2.05, 4.69) is 39.6 Å². The molecule has 0 fully saturated rings. The minimum absolute atomic E-state index is 0.638. The van der Waals surface area contributed by atoms with Crippen molar-refractivity contribution in [1.82, 2.24) is 4.90 Å². The van der Waals surface area contributed by atoms with Crippen molar-refractivity contribution in [3.63, 3.8) is 0 Å². The van der Waals surface area contributed by atoms with Gasteiger partial charge in [-0.3, -0.25) is 0 Å². The van der Waals surface area contributed by atoms with Gasteiger partial charge in [-0.25, -0.2) is 0 Å². The fourth-order valence-corrected chi connectivity index (χ4v) is 1.42. The van der Waals surface area contributed by atoms with Crippen LogP contribution < -0.4 is 5.73 Å². The van der Waals surface area contributed by atoms with Gasteiger partial charge in [0, 0.05) is 12.6 Å². The van der Waals surface area contributed by atoms with Gasteiger partial charge in [0.15, 0.2) is 0 Å². The molecule has 0 saturated heterocycles. The fraction of sp³-hybridized carbons (Fsp3) is 1.00. The van der Waals surface area contributed by atoms with E-state index in [-0.39, 0.29) is 0 Å². The molecule has 0 saturated carbocycles. The Bertz CT molecular complexity index is 123. The molecule has 0 rings (SSSR count). The molecule has 2 N–H and O–H groups in total. The zero-order chi connectivity index (χ0) is 10.4. The predicted molar refractivity (Wildman–Crippen MR) is 59.8 cm³/mol. The van der Waals surface area contributed by atoms with Gasteiger partial charge in [-0.15, -0.1) is 0 Å². The van der Waals surface area contributed by atoms with Crippen molar-refractivity contribution >= 4 is 0 Å². The lowest BCUT2D eigenvalue weighted by atomic mass is 9.95. The maximum Gasteiger partial charge on any atom is 0.00613 e. The van der Waals surface area contributed by atoms with Crippen LogP contribution in [0.5, 0.6) is 0 Å². The zero-order valence-electron chi connectivity index (χ0n) is 9.88. The first kappa shape index (κ1) is 12.9. The number of nitrogens with two attached hydrogens (primary N) is 1. The molecule has 0 radical (unpaired) electrons. The highest BCUT2D eigenvalue weighted by atomic mass is 15.1. The molecular weight excluding hydrogens is 160 g/mol. The Morgan fingerprint density at radius 1 is 1.23 bits per heavy atom. The molecule has 0 aliphatic heterocycles. The summed E-state index contributed by atoms with van der Waals surface area (Å²) in [6, 6.07) is 0.674. The smallest absolute Gasteiger partial charge is 0.00613 e. The minimum atomic E-state index is 0.638. The maximum atomic E-state index is 5.74. The van der Waals surface area contributed by atoms with Gasteiger partial charge in [0.05, 0.1) is 0 Å². The molecule has 0 aromatic heterocycles. The van der Waals surface area contributed by atoms with Crippen LogP contribution in [0.4, 0.5) is 0 Å². The van der Waals surface area contributed by atoms with Gasteiger partial charge in [-0.2, -0.15) is 0 Å². The Labute approximate surface area is 83.5 Å². The largest absolute Gasteiger partial charge is 0.330 e. The Morgan fingerprint density at radius 2 is 1.77 bits per heavy atom. The summed E-state index contributed by atoms with van der Waals surface area (Å²) in [7, 11) is 2.19. The first-order valence-corrected chi connectivity index (χ1v) is 5.43. The third-order valence-corrected chi connectivity index (χ3v) is 3.11. The molecule has 0 aromatic rings. The van der Waals surface area contributed by atoms with Gasteiger partial charge in [0.1, 0.15) is 0 Å². The first-order valence-electron chi connectivity index (χ1n) is 5.43. The average molecular weight is 186 g/mol. The van der Waals surface area contributed by atoms with Gasteiger partial charge in [0.25, 0.3) is 0 Å². The van der Waals surface area contributed by atoms with Crippen LogP contribution >= 0.6 is 0 Å². The van der Waals surface area contributed by atoms with Crippen molar-refractivity contribution in [1.29, 1.82) is 0 Å². The van der Waals surface area contributed by atoms with E-state index in [0.717, 1.165) is 13.1 Å². The van der Waals surface area contributed by atoms with Crippen LogP contribution in [0, 0.1) is 11.8 Å². The number of rotatable bonds is 6. The highest BCUT2D eigenvalue weighted by Crippen LogP contribution is 2.12. The van der Waals surface area contributed by atoms with E-state index >= 15 is 0 Å². The molecule has 2 nitrogen and oxygen atoms in total. The van der Waals surface area contributed by atoms with E-state index in [4.69, 9.17) is 5.73 Å². The molecule has 2 atom stereocenters. The Hall–Kier alpha value is -0.0800. The summed E-state index contributed by atoms with van der Waals surface area (Å²) < 4.78 is 0. The molecule has 0 aliphatic rings. The molecular formula is C11H26N2. The van der Waals surface area contributed by atoms with Crippen LogP contribution in [0.2, 0.25) is 0 Å². The molecule has 2 unspecified atom stereocenters. The Kier molecular flexibility index (Phi) is 6.35. The molecule has 2 heteroatoms. The van der Waals surface area contributed by atoms with Crippen molar-refractivity contribution < 1.29 is 0 Å². The molecule has 0 aliphatic carbocycles. The lowest BCUT2D eigenvalue weighted by Crippen LogP contribution is -2.37. The SMILES string of the molecule is CCC(C)N(C)CC(CN)C(C)C. The Morgan fingerprint density at radius 3 is 2.08 bits per heavy atom. The van der Waals surface area contributed by atoms with Gasteiger partial charge >= 0.3 is 0 Å². The number of nitrogens with zero attached hydrogens (tertiary/aromatic N) is 1. The van der Waals surface area contributed by atoms with Crippen molar-refractivity contribution in [2.45, 2.75) is 40.2 Å². The number of hydrogen-bond donors (Lipinski definition) is 1. The van der Waals surface area contributed by atoms with E-state index in [0.29, 0.717) is 17.9 Å². The van der Waals surface area contributed by atoms with Crippen LogP contribution in [-0.4, -0.2) is 31.1 Å². The van der Waals surface area contributed by atoms with Crippen molar-refractivity contribution in [2.24, 2.45) is 17.6 Å². The van der Waals surface area contributed by atoms with Crippen molar-refractivity contribution in [3.05, 3.63) is 0 Å². The van der Waals surface area contributed by atoms with Crippen LogP contribution in [0.15, 0.2) is 0 Å². The lowest BCUT2D eigenvalue weighted by molar-refractivity contribution is 0.191. The van der Waals surface area contributed by atoms with E-state index < -0.39 is 0 Å². The zero-order valence-corrected chi connectivity index (χ0v) is 9.88. The van der Waals surface area contributed by atoms with Crippen LogP contribution in [0.25, 0.3) is 0 Å². The molecule has 0 aromatic carbocycles. The second kappa shape index (κ2) is 6.39. The molecule has 80 valence electrons. The summed E-state index contributed by atoms with van der Waals surface area (Å²) >= 11 is 0. The van der Waals surface area contributed by atoms with Gasteiger partial charge in [-0.05, 0) is 38.8 Å². The predicted octanol–water partition coefficient (Wildman–Crippen LogP) is 1.95. The number of hydrogen-bond acceptors (Lipinski definition) is 2. The quantitative estimate of drug-likeness (QED) is 0.687. The molecule has 0 heterocycles. The summed E-state index contributed by atoms with van der Waals surface area (Å²) in [5, 5.41) is 0. The van der Waals surface area contributed by atoms with Crippen LogP contribution in [0.3, 0.4) is 0 Å². The van der Waals surface area contributed by atoms with E-state index in [1.807, 2.05) is 0 Å². The molecule has 13 heavy (non-hydrogen) atoms. The van der Waals surface area contributed by atoms with Gasteiger partial charge < -0.3 is 10.6 Å². The monoisotopic (exact) mass is 186 g/mol. The summed E-state index contributed by atoms with van der Waals surface area (Å²) in [6.07, 6.45) is 1.21. The first-order chi connectivity index (χ1) is 6.02. The molecule has 0 spiro atoms. The standard InChI is InChI=1S/C11H26N2/c1-6-10(4)13(5)8-11(7-12)9(2)3/h9-11H,6-8,12H2,1-5H3. The second-order valence-corrected chi connectivity index (χ2v) is 4.44. The normalized spacial score (nSPS) is 16.6. The molecule has 0 amide bonds.